The zero-order chi connectivity index (χ0) is 13.3. The number of urea groups is 1. The second-order valence-electron chi connectivity index (χ2n) is 5.45. The van der Waals surface area contributed by atoms with Gasteiger partial charge in [-0.05, 0) is 32.6 Å². The Balaban J connectivity index is 2.01. The lowest BCUT2D eigenvalue weighted by atomic mass is 10.1. The summed E-state index contributed by atoms with van der Waals surface area (Å²) < 4.78 is 0. The molecule has 2 aliphatic rings. The number of likely N-dealkylation sites (tertiary alicyclic amines) is 2. The van der Waals surface area contributed by atoms with E-state index in [1.54, 1.807) is 4.90 Å². The molecule has 5 heteroatoms. The van der Waals surface area contributed by atoms with Crippen LogP contribution in [0, 0.1) is 5.92 Å². The zero-order valence-corrected chi connectivity index (χ0v) is 11.1. The number of hydrogen-bond donors (Lipinski definition) is 1. The molecule has 0 spiro atoms. The predicted molar refractivity (Wildman–Crippen MR) is 67.3 cm³/mol. The van der Waals surface area contributed by atoms with Crippen molar-refractivity contribution in [1.82, 2.24) is 9.80 Å². The summed E-state index contributed by atoms with van der Waals surface area (Å²) in [6, 6.07) is 0.651. The molecule has 3 unspecified atom stereocenters. The maximum absolute atomic E-state index is 12.5. The molecule has 0 saturated carbocycles. The number of hydrogen-bond acceptors (Lipinski definition) is 2. The number of amides is 2. The number of aliphatic carboxylic acids is 1. The van der Waals surface area contributed by atoms with Gasteiger partial charge in [0.2, 0.25) is 0 Å². The van der Waals surface area contributed by atoms with Crippen LogP contribution in [-0.2, 0) is 4.79 Å². The third kappa shape index (κ3) is 2.31. The minimum Gasteiger partial charge on any atom is -0.481 e. The van der Waals surface area contributed by atoms with E-state index in [9.17, 15) is 9.59 Å². The van der Waals surface area contributed by atoms with E-state index in [0.29, 0.717) is 25.6 Å². The highest BCUT2D eigenvalue weighted by Crippen LogP contribution is 2.29. The smallest absolute Gasteiger partial charge is 0.320 e. The van der Waals surface area contributed by atoms with E-state index in [1.165, 1.54) is 0 Å². The van der Waals surface area contributed by atoms with E-state index in [2.05, 4.69) is 13.8 Å². The van der Waals surface area contributed by atoms with E-state index in [-0.39, 0.29) is 18.0 Å². The van der Waals surface area contributed by atoms with E-state index < -0.39 is 5.97 Å². The van der Waals surface area contributed by atoms with Crippen LogP contribution < -0.4 is 0 Å². The molecule has 18 heavy (non-hydrogen) atoms. The summed E-state index contributed by atoms with van der Waals surface area (Å²) >= 11 is 0. The van der Waals surface area contributed by atoms with Gasteiger partial charge in [-0.1, -0.05) is 6.92 Å². The molecule has 1 N–H and O–H groups in total. The number of carbonyl (C=O) groups is 2. The fourth-order valence-corrected chi connectivity index (χ4v) is 3.12. The van der Waals surface area contributed by atoms with Crippen LogP contribution in [0.25, 0.3) is 0 Å². The van der Waals surface area contributed by atoms with E-state index >= 15 is 0 Å². The summed E-state index contributed by atoms with van der Waals surface area (Å²) in [5.74, 6) is -1.17. The average molecular weight is 254 g/mol. The molecular formula is C13H22N2O3. The molecule has 0 aromatic carbocycles. The molecule has 2 heterocycles. The Bertz CT molecular complexity index is 345. The fourth-order valence-electron chi connectivity index (χ4n) is 3.12. The van der Waals surface area contributed by atoms with Gasteiger partial charge in [-0.15, -0.1) is 0 Å². The van der Waals surface area contributed by atoms with Gasteiger partial charge in [0, 0.05) is 25.2 Å². The van der Waals surface area contributed by atoms with Gasteiger partial charge in [0.1, 0.15) is 0 Å². The monoisotopic (exact) mass is 254 g/mol. The standard InChI is InChI=1S/C13H22N2O3/c1-3-11-5-4-9(2)15(11)13(18)14-7-6-10(8-14)12(16)17/h9-11H,3-8H2,1-2H3,(H,16,17). The van der Waals surface area contributed by atoms with Crippen molar-refractivity contribution in [3.63, 3.8) is 0 Å². The van der Waals surface area contributed by atoms with E-state index in [4.69, 9.17) is 5.11 Å². The maximum atomic E-state index is 12.5. The number of rotatable bonds is 2. The third-order valence-corrected chi connectivity index (χ3v) is 4.29. The van der Waals surface area contributed by atoms with Gasteiger partial charge in [0.05, 0.1) is 5.92 Å². The lowest BCUT2D eigenvalue weighted by Gasteiger charge is -2.32. The van der Waals surface area contributed by atoms with Gasteiger partial charge in [0.25, 0.3) is 0 Å². The fraction of sp³-hybridized carbons (Fsp3) is 0.846. The summed E-state index contributed by atoms with van der Waals surface area (Å²) in [5.41, 5.74) is 0. The molecule has 0 radical (unpaired) electrons. The first-order valence-electron chi connectivity index (χ1n) is 6.84. The summed E-state index contributed by atoms with van der Waals surface area (Å²) in [4.78, 5) is 27.1. The molecule has 2 aliphatic heterocycles. The second-order valence-corrected chi connectivity index (χ2v) is 5.45. The summed E-state index contributed by atoms with van der Waals surface area (Å²) in [5, 5.41) is 8.98. The van der Waals surface area contributed by atoms with Crippen LogP contribution in [0.2, 0.25) is 0 Å². The van der Waals surface area contributed by atoms with Crippen molar-refractivity contribution >= 4 is 12.0 Å². The van der Waals surface area contributed by atoms with Crippen molar-refractivity contribution in [1.29, 1.82) is 0 Å². The van der Waals surface area contributed by atoms with Crippen LogP contribution in [0.1, 0.15) is 39.5 Å². The van der Waals surface area contributed by atoms with Crippen molar-refractivity contribution in [3.05, 3.63) is 0 Å². The van der Waals surface area contributed by atoms with E-state index in [0.717, 1.165) is 19.3 Å². The van der Waals surface area contributed by atoms with Crippen molar-refractivity contribution in [2.24, 2.45) is 5.92 Å². The second kappa shape index (κ2) is 5.16. The third-order valence-electron chi connectivity index (χ3n) is 4.29. The number of carboxylic acids is 1. The Morgan fingerprint density at radius 3 is 2.56 bits per heavy atom. The molecule has 3 atom stereocenters. The lowest BCUT2D eigenvalue weighted by Crippen LogP contribution is -2.47. The lowest BCUT2D eigenvalue weighted by molar-refractivity contribution is -0.141. The van der Waals surface area contributed by atoms with Gasteiger partial charge in [-0.2, -0.15) is 0 Å². The zero-order valence-electron chi connectivity index (χ0n) is 11.1. The van der Waals surface area contributed by atoms with Crippen molar-refractivity contribution in [2.75, 3.05) is 13.1 Å². The molecule has 0 aliphatic carbocycles. The van der Waals surface area contributed by atoms with E-state index in [1.807, 2.05) is 4.90 Å². The summed E-state index contributed by atoms with van der Waals surface area (Å²) in [6.07, 6.45) is 3.69. The van der Waals surface area contributed by atoms with Gasteiger partial charge in [-0.3, -0.25) is 4.79 Å². The molecule has 2 saturated heterocycles. The van der Waals surface area contributed by atoms with Crippen LogP contribution >= 0.6 is 0 Å². The Labute approximate surface area is 108 Å². The van der Waals surface area contributed by atoms with Gasteiger partial charge in [0.15, 0.2) is 0 Å². The van der Waals surface area contributed by atoms with Crippen LogP contribution in [0.15, 0.2) is 0 Å². The molecule has 5 nitrogen and oxygen atoms in total. The Morgan fingerprint density at radius 1 is 1.28 bits per heavy atom. The Kier molecular flexibility index (Phi) is 3.78. The number of nitrogens with zero attached hydrogens (tertiary/aromatic N) is 2. The molecule has 0 bridgehead atoms. The van der Waals surface area contributed by atoms with Crippen molar-refractivity contribution in [2.45, 2.75) is 51.6 Å². The Hall–Kier alpha value is -1.26. The first-order valence-corrected chi connectivity index (χ1v) is 6.84. The van der Waals surface area contributed by atoms with Gasteiger partial charge >= 0.3 is 12.0 Å². The minimum atomic E-state index is -0.785. The summed E-state index contributed by atoms with van der Waals surface area (Å²) in [6.45, 7) is 5.13. The molecular weight excluding hydrogens is 232 g/mol. The molecule has 2 fully saturated rings. The van der Waals surface area contributed by atoms with Crippen molar-refractivity contribution in [3.8, 4) is 0 Å². The molecule has 0 aromatic rings. The quantitative estimate of drug-likeness (QED) is 0.817. The summed E-state index contributed by atoms with van der Waals surface area (Å²) in [7, 11) is 0. The maximum Gasteiger partial charge on any atom is 0.320 e. The van der Waals surface area contributed by atoms with Crippen LogP contribution in [0.5, 0.6) is 0 Å². The van der Waals surface area contributed by atoms with Crippen LogP contribution in [0.4, 0.5) is 4.79 Å². The largest absolute Gasteiger partial charge is 0.481 e. The van der Waals surface area contributed by atoms with Crippen LogP contribution in [-0.4, -0.2) is 52.1 Å². The molecule has 0 aromatic heterocycles. The number of carboxylic acid groups (broad SMARTS) is 1. The first kappa shape index (κ1) is 13.2. The van der Waals surface area contributed by atoms with Gasteiger partial charge < -0.3 is 14.9 Å². The SMILES string of the molecule is CCC1CCC(C)N1C(=O)N1CCC(C(=O)O)C1. The van der Waals surface area contributed by atoms with Crippen molar-refractivity contribution < 1.29 is 14.7 Å². The highest BCUT2D eigenvalue weighted by atomic mass is 16.4. The molecule has 2 amide bonds. The predicted octanol–water partition coefficient (Wildman–Crippen LogP) is 1.78. The normalized spacial score (nSPS) is 32.0. The van der Waals surface area contributed by atoms with Gasteiger partial charge in [-0.25, -0.2) is 4.79 Å². The van der Waals surface area contributed by atoms with Crippen LogP contribution in [0.3, 0.4) is 0 Å². The topological polar surface area (TPSA) is 60.9 Å². The highest BCUT2D eigenvalue weighted by Gasteiger charge is 2.39. The number of carbonyl (C=O) groups excluding carboxylic acids is 1. The molecule has 2 rings (SSSR count). The highest BCUT2D eigenvalue weighted by molar-refractivity contribution is 5.78. The minimum absolute atomic E-state index is 0.0376. The molecule has 102 valence electrons. The first-order chi connectivity index (χ1) is 8.54. The Morgan fingerprint density at radius 2 is 2.00 bits per heavy atom. The average Bonchev–Trinajstić information content (AvgIpc) is 2.94.